The van der Waals surface area contributed by atoms with Gasteiger partial charge in [0.2, 0.25) is 11.9 Å². The number of hydrogen-bond donors (Lipinski definition) is 3. The number of nitrogens with zero attached hydrogens (tertiary/aromatic N) is 6. The second kappa shape index (κ2) is 8.05. The van der Waals surface area contributed by atoms with Gasteiger partial charge in [-0.3, -0.25) is 4.79 Å². The Bertz CT molecular complexity index is 1010. The van der Waals surface area contributed by atoms with Crippen molar-refractivity contribution in [2.75, 3.05) is 10.6 Å². The van der Waals surface area contributed by atoms with Crippen LogP contribution in [0.5, 0.6) is 0 Å². The molecule has 0 saturated carbocycles. The van der Waals surface area contributed by atoms with E-state index >= 15 is 0 Å². The summed E-state index contributed by atoms with van der Waals surface area (Å²) in [7, 11) is 0. The van der Waals surface area contributed by atoms with Crippen molar-refractivity contribution in [2.45, 2.75) is 51.4 Å². The van der Waals surface area contributed by atoms with Crippen LogP contribution >= 0.6 is 0 Å². The summed E-state index contributed by atoms with van der Waals surface area (Å²) < 4.78 is 0. The SMILES string of the molecule is O=C(CCCCc1nn[nH]n1)N1Cc2cnc(NC3Cc4ccccc4N3)nc2C1. The highest BCUT2D eigenvalue weighted by atomic mass is 16.2. The first-order valence-corrected chi connectivity index (χ1v) is 10.2. The molecule has 10 heteroatoms. The first-order valence-electron chi connectivity index (χ1n) is 10.2. The summed E-state index contributed by atoms with van der Waals surface area (Å²) in [4.78, 5) is 23.5. The van der Waals surface area contributed by atoms with E-state index in [-0.39, 0.29) is 12.1 Å². The van der Waals surface area contributed by atoms with Gasteiger partial charge in [0.05, 0.1) is 12.2 Å². The summed E-state index contributed by atoms with van der Waals surface area (Å²) in [6.07, 6.45) is 5.67. The van der Waals surface area contributed by atoms with Gasteiger partial charge >= 0.3 is 0 Å². The minimum atomic E-state index is 0.0683. The number of benzene rings is 1. The highest BCUT2D eigenvalue weighted by Gasteiger charge is 2.26. The van der Waals surface area contributed by atoms with Crippen molar-refractivity contribution in [3.63, 3.8) is 0 Å². The third-order valence-electron chi connectivity index (χ3n) is 5.51. The summed E-state index contributed by atoms with van der Waals surface area (Å²) in [5, 5.41) is 20.6. The number of aromatic nitrogens is 6. The Labute approximate surface area is 173 Å². The predicted molar refractivity (Wildman–Crippen MR) is 109 cm³/mol. The van der Waals surface area contributed by atoms with Crippen molar-refractivity contribution in [3.05, 3.63) is 53.1 Å². The van der Waals surface area contributed by atoms with Crippen molar-refractivity contribution < 1.29 is 4.79 Å². The molecule has 154 valence electrons. The van der Waals surface area contributed by atoms with E-state index in [1.165, 1.54) is 5.56 Å². The number of fused-ring (bicyclic) bond motifs is 2. The lowest BCUT2D eigenvalue weighted by Gasteiger charge is -2.14. The van der Waals surface area contributed by atoms with Crippen molar-refractivity contribution in [1.82, 2.24) is 35.5 Å². The van der Waals surface area contributed by atoms with Gasteiger partial charge in [0.25, 0.3) is 0 Å². The van der Waals surface area contributed by atoms with Gasteiger partial charge in [-0.1, -0.05) is 23.4 Å². The highest BCUT2D eigenvalue weighted by Crippen LogP contribution is 2.26. The Morgan fingerprint density at radius 1 is 1.20 bits per heavy atom. The molecule has 1 amide bonds. The summed E-state index contributed by atoms with van der Waals surface area (Å²) >= 11 is 0. The molecule has 0 fully saturated rings. The van der Waals surface area contributed by atoms with E-state index in [1.807, 2.05) is 23.2 Å². The fourth-order valence-corrected chi connectivity index (χ4v) is 3.95. The van der Waals surface area contributed by atoms with Crippen LogP contribution in [0, 0.1) is 0 Å². The molecule has 0 radical (unpaired) electrons. The average Bonchev–Trinajstić information content (AvgIpc) is 3.49. The van der Waals surface area contributed by atoms with Crippen LogP contribution in [0.15, 0.2) is 30.5 Å². The molecule has 1 unspecified atom stereocenters. The van der Waals surface area contributed by atoms with Gasteiger partial charge in [-0.05, 0) is 24.5 Å². The Morgan fingerprint density at radius 3 is 3.00 bits per heavy atom. The normalized spacial score (nSPS) is 16.8. The highest BCUT2D eigenvalue weighted by molar-refractivity contribution is 5.76. The Hall–Kier alpha value is -3.56. The summed E-state index contributed by atoms with van der Waals surface area (Å²) in [5.41, 5.74) is 4.37. The maximum Gasteiger partial charge on any atom is 0.224 e. The van der Waals surface area contributed by atoms with Gasteiger partial charge in [0, 0.05) is 43.3 Å². The van der Waals surface area contributed by atoms with Crippen LogP contribution < -0.4 is 10.6 Å². The van der Waals surface area contributed by atoms with E-state index in [0.717, 1.165) is 42.6 Å². The van der Waals surface area contributed by atoms with Crippen LogP contribution in [0.25, 0.3) is 0 Å². The largest absolute Gasteiger partial charge is 0.365 e. The molecule has 1 atom stereocenters. The number of carbonyl (C=O) groups excluding carboxylic acids is 1. The van der Waals surface area contributed by atoms with Gasteiger partial charge in [-0.25, -0.2) is 9.97 Å². The number of unbranched alkanes of at least 4 members (excludes halogenated alkanes) is 1. The first kappa shape index (κ1) is 18.5. The maximum absolute atomic E-state index is 12.6. The number of aryl methyl sites for hydroxylation is 1. The smallest absolute Gasteiger partial charge is 0.224 e. The number of anilines is 2. The minimum absolute atomic E-state index is 0.0683. The molecule has 5 rings (SSSR count). The zero-order valence-electron chi connectivity index (χ0n) is 16.5. The number of hydrogen-bond acceptors (Lipinski definition) is 8. The number of tetrazole rings is 1. The van der Waals surface area contributed by atoms with Crippen molar-refractivity contribution in [3.8, 4) is 0 Å². The number of H-pyrrole nitrogens is 1. The van der Waals surface area contributed by atoms with E-state index in [2.05, 4.69) is 53.4 Å². The third kappa shape index (κ3) is 3.93. The predicted octanol–water partition coefficient (Wildman–Crippen LogP) is 1.65. The molecule has 10 nitrogen and oxygen atoms in total. The molecule has 4 heterocycles. The minimum Gasteiger partial charge on any atom is -0.365 e. The molecule has 30 heavy (non-hydrogen) atoms. The average molecular weight is 405 g/mol. The molecule has 2 aliphatic heterocycles. The summed E-state index contributed by atoms with van der Waals surface area (Å²) in [6.45, 7) is 1.11. The first-order chi connectivity index (χ1) is 14.7. The van der Waals surface area contributed by atoms with Gasteiger partial charge in [0.15, 0.2) is 5.82 Å². The number of rotatable bonds is 7. The van der Waals surface area contributed by atoms with Crippen LogP contribution in [0.1, 0.15) is 41.9 Å². The zero-order chi connectivity index (χ0) is 20.3. The third-order valence-corrected chi connectivity index (χ3v) is 5.51. The van der Waals surface area contributed by atoms with E-state index in [1.54, 1.807) is 0 Å². The van der Waals surface area contributed by atoms with Crippen LogP contribution in [-0.4, -0.2) is 47.6 Å². The van der Waals surface area contributed by atoms with Gasteiger partial charge < -0.3 is 15.5 Å². The van der Waals surface area contributed by atoms with Gasteiger partial charge in [-0.2, -0.15) is 5.21 Å². The lowest BCUT2D eigenvalue weighted by atomic mass is 10.1. The van der Waals surface area contributed by atoms with Gasteiger partial charge in [0.1, 0.15) is 6.17 Å². The lowest BCUT2D eigenvalue weighted by molar-refractivity contribution is -0.131. The van der Waals surface area contributed by atoms with Crippen molar-refractivity contribution >= 4 is 17.5 Å². The molecule has 1 aromatic carbocycles. The van der Waals surface area contributed by atoms with Crippen LogP contribution in [0.2, 0.25) is 0 Å². The van der Waals surface area contributed by atoms with Crippen LogP contribution in [0.4, 0.5) is 11.6 Å². The molecular formula is C20H23N9O. The molecule has 0 spiro atoms. The topological polar surface area (TPSA) is 125 Å². The monoisotopic (exact) mass is 405 g/mol. The fraction of sp³-hybridized carbons (Fsp3) is 0.400. The molecule has 0 saturated heterocycles. The zero-order valence-corrected chi connectivity index (χ0v) is 16.5. The molecule has 2 aromatic heterocycles. The van der Waals surface area contributed by atoms with Crippen molar-refractivity contribution in [2.24, 2.45) is 0 Å². The Kier molecular flexibility index (Phi) is 4.96. The van der Waals surface area contributed by atoms with E-state index in [0.29, 0.717) is 31.3 Å². The standard InChI is InChI=1S/C20H23N9O/c30-19(8-4-3-7-17-25-27-28-26-17)29-11-14-10-21-20(23-16(14)12-29)24-18-9-13-5-1-2-6-15(13)22-18/h1-2,5-6,10,18,22H,3-4,7-9,11-12H2,(H,21,23,24)(H,25,26,27,28). The van der Waals surface area contributed by atoms with E-state index in [4.69, 9.17) is 0 Å². The second-order valence-corrected chi connectivity index (χ2v) is 7.65. The number of aromatic amines is 1. The molecule has 3 aromatic rings. The molecule has 0 aliphatic carbocycles. The lowest BCUT2D eigenvalue weighted by Crippen LogP contribution is -2.27. The van der Waals surface area contributed by atoms with Gasteiger partial charge in [-0.15, -0.1) is 10.2 Å². The number of carbonyl (C=O) groups is 1. The quantitative estimate of drug-likeness (QED) is 0.507. The number of nitrogens with one attached hydrogen (secondary N) is 3. The Morgan fingerprint density at radius 2 is 2.13 bits per heavy atom. The Balaban J connectivity index is 1.12. The molecule has 0 bridgehead atoms. The fourth-order valence-electron chi connectivity index (χ4n) is 3.95. The van der Waals surface area contributed by atoms with E-state index < -0.39 is 0 Å². The summed E-state index contributed by atoms with van der Waals surface area (Å²) in [5.74, 6) is 1.42. The number of para-hydroxylation sites is 1. The van der Waals surface area contributed by atoms with Crippen LogP contribution in [0.3, 0.4) is 0 Å². The van der Waals surface area contributed by atoms with Crippen LogP contribution in [-0.2, 0) is 30.7 Å². The molecule has 3 N–H and O–H groups in total. The number of amides is 1. The van der Waals surface area contributed by atoms with E-state index in [9.17, 15) is 4.79 Å². The second-order valence-electron chi connectivity index (χ2n) is 7.65. The maximum atomic E-state index is 12.6. The summed E-state index contributed by atoms with van der Waals surface area (Å²) in [6, 6.07) is 8.27. The molecule has 2 aliphatic rings. The molecular weight excluding hydrogens is 382 g/mol. The van der Waals surface area contributed by atoms with Crippen molar-refractivity contribution in [1.29, 1.82) is 0 Å².